The number of rotatable bonds is 55. The lowest BCUT2D eigenvalue weighted by Gasteiger charge is -2.18. The molecule has 0 heterocycles. The Morgan fingerprint density at radius 2 is 0.696 bits per heavy atom. The average Bonchev–Trinajstić information content (AvgIpc) is 3.31. The highest BCUT2D eigenvalue weighted by atomic mass is 16.6. The number of esters is 2. The molecule has 0 aromatic heterocycles. The molecule has 0 saturated carbocycles. The summed E-state index contributed by atoms with van der Waals surface area (Å²) in [4.78, 5) is 60.3. The van der Waals surface area contributed by atoms with E-state index in [0.29, 0.717) is 58.7 Å². The maximum absolute atomic E-state index is 12.6. The second-order valence-corrected chi connectivity index (χ2v) is 19.9. The molecule has 0 unspecified atom stereocenters. The standard InChI is InChI=1S/C56H106N2O11/c1-58(2)46-50-66-49-45-57-56(65)69-51(39-31-27-29-37-47-67-54(63)43-35-25-21-17-13-9-5-3-7-11-15-19-23-33-41-52(59)60)40-32-28-30-38-48-68-55(64)44-36-26-22-18-14-10-6-4-8-12-16-20-24-34-42-53(61)62/h51H,3-50H2,1-2H3,(H,57,65)(H,59,60)(H,61,62). The second kappa shape index (κ2) is 52.9. The monoisotopic (exact) mass is 983 g/mol. The Kier molecular flexibility index (Phi) is 50.6. The van der Waals surface area contributed by atoms with Gasteiger partial charge in [0.1, 0.15) is 6.10 Å². The molecule has 3 N–H and O–H groups in total. The number of hydrogen-bond acceptors (Lipinski definition) is 10. The predicted molar refractivity (Wildman–Crippen MR) is 279 cm³/mol. The van der Waals surface area contributed by atoms with E-state index in [1.54, 1.807) is 0 Å². The van der Waals surface area contributed by atoms with Crippen LogP contribution in [-0.2, 0) is 38.1 Å². The molecule has 13 heteroatoms. The molecule has 69 heavy (non-hydrogen) atoms. The van der Waals surface area contributed by atoms with Gasteiger partial charge in [-0.15, -0.1) is 0 Å². The third-order valence-electron chi connectivity index (χ3n) is 12.9. The highest BCUT2D eigenvalue weighted by Gasteiger charge is 2.15. The third-order valence-corrected chi connectivity index (χ3v) is 12.9. The fourth-order valence-corrected chi connectivity index (χ4v) is 8.54. The quantitative estimate of drug-likeness (QED) is 0.0299. The summed E-state index contributed by atoms with van der Waals surface area (Å²) < 4.78 is 22.4. The van der Waals surface area contributed by atoms with Gasteiger partial charge in [-0.3, -0.25) is 19.2 Å². The first-order valence-corrected chi connectivity index (χ1v) is 28.5. The van der Waals surface area contributed by atoms with Crippen molar-refractivity contribution in [1.29, 1.82) is 0 Å². The summed E-state index contributed by atoms with van der Waals surface area (Å²) >= 11 is 0. The van der Waals surface area contributed by atoms with Crippen LogP contribution in [0.15, 0.2) is 0 Å². The zero-order valence-corrected chi connectivity index (χ0v) is 44.5. The normalized spacial score (nSPS) is 11.4. The molecule has 0 radical (unpaired) electrons. The first-order chi connectivity index (χ1) is 33.6. The Hall–Kier alpha value is -2.93. The molecule has 0 aliphatic rings. The van der Waals surface area contributed by atoms with Crippen molar-refractivity contribution in [2.24, 2.45) is 0 Å². The Labute approximate surface area is 421 Å². The second-order valence-electron chi connectivity index (χ2n) is 19.9. The van der Waals surface area contributed by atoms with E-state index >= 15 is 0 Å². The summed E-state index contributed by atoms with van der Waals surface area (Å²) in [6, 6.07) is 0. The van der Waals surface area contributed by atoms with Gasteiger partial charge in [-0.25, -0.2) is 4.79 Å². The van der Waals surface area contributed by atoms with Crippen molar-refractivity contribution in [2.45, 2.75) is 276 Å². The molecule has 1 amide bonds. The predicted octanol–water partition coefficient (Wildman–Crippen LogP) is 14.3. The fraction of sp³-hybridized carbons (Fsp3) is 0.911. The number of carbonyl (C=O) groups excluding carboxylic acids is 3. The topological polar surface area (TPSA) is 178 Å². The van der Waals surface area contributed by atoms with Gasteiger partial charge < -0.3 is 39.4 Å². The Balaban J connectivity index is 4.01. The van der Waals surface area contributed by atoms with E-state index in [1.165, 1.54) is 116 Å². The van der Waals surface area contributed by atoms with Crippen molar-refractivity contribution >= 4 is 30.0 Å². The lowest BCUT2D eigenvalue weighted by atomic mass is 10.0. The van der Waals surface area contributed by atoms with Crippen LogP contribution in [0.4, 0.5) is 4.79 Å². The highest BCUT2D eigenvalue weighted by molar-refractivity contribution is 5.69. The van der Waals surface area contributed by atoms with Crippen molar-refractivity contribution in [3.63, 3.8) is 0 Å². The van der Waals surface area contributed by atoms with Crippen molar-refractivity contribution in [3.05, 3.63) is 0 Å². The number of alkyl carbamates (subject to hydrolysis) is 1. The maximum atomic E-state index is 12.6. The molecule has 406 valence electrons. The van der Waals surface area contributed by atoms with Gasteiger partial charge in [-0.1, -0.05) is 180 Å². The van der Waals surface area contributed by atoms with E-state index in [2.05, 4.69) is 10.2 Å². The molecule has 0 aromatic rings. The number of nitrogens with one attached hydrogen (secondary N) is 1. The summed E-state index contributed by atoms with van der Waals surface area (Å²) in [6.07, 6.45) is 42.6. The summed E-state index contributed by atoms with van der Waals surface area (Å²) in [5, 5.41) is 20.2. The largest absolute Gasteiger partial charge is 0.481 e. The van der Waals surface area contributed by atoms with Crippen LogP contribution in [0.25, 0.3) is 0 Å². The molecule has 0 saturated heterocycles. The number of aliphatic carboxylic acids is 2. The van der Waals surface area contributed by atoms with Gasteiger partial charge >= 0.3 is 30.0 Å². The van der Waals surface area contributed by atoms with E-state index in [0.717, 1.165) is 135 Å². The molecule has 0 rings (SSSR count). The van der Waals surface area contributed by atoms with E-state index in [1.807, 2.05) is 14.1 Å². The van der Waals surface area contributed by atoms with E-state index in [9.17, 15) is 24.0 Å². The first-order valence-electron chi connectivity index (χ1n) is 28.5. The molecular weight excluding hydrogens is 877 g/mol. The SMILES string of the molecule is CN(C)CCOCCNC(=O)OC(CCCCCCOC(=O)CCCCCCCCCCCCCCCCC(=O)O)CCCCCCOC(=O)CCCCCCCCCCCCCCCCC(=O)O. The molecule has 0 fully saturated rings. The minimum Gasteiger partial charge on any atom is -0.481 e. The van der Waals surface area contributed by atoms with Crippen LogP contribution in [0.1, 0.15) is 270 Å². The molecule has 0 aromatic carbocycles. The third kappa shape index (κ3) is 55.9. The van der Waals surface area contributed by atoms with Gasteiger partial charge in [0.2, 0.25) is 0 Å². The molecule has 0 atom stereocenters. The minimum atomic E-state index is -0.688. The molecule has 0 spiro atoms. The molecule has 13 nitrogen and oxygen atoms in total. The first kappa shape index (κ1) is 66.1. The van der Waals surface area contributed by atoms with Gasteiger partial charge in [0.05, 0.1) is 26.4 Å². The van der Waals surface area contributed by atoms with Crippen LogP contribution >= 0.6 is 0 Å². The van der Waals surface area contributed by atoms with Gasteiger partial charge in [-0.05, 0) is 78.3 Å². The number of unbranched alkanes of at least 4 members (excludes halogenated alkanes) is 32. The summed E-state index contributed by atoms with van der Waals surface area (Å²) in [6.45, 7) is 3.21. The number of nitrogens with zero attached hydrogens (tertiary/aromatic N) is 1. The van der Waals surface area contributed by atoms with Crippen LogP contribution in [0.3, 0.4) is 0 Å². The summed E-state index contributed by atoms with van der Waals surface area (Å²) in [7, 11) is 3.99. The van der Waals surface area contributed by atoms with Crippen LogP contribution in [0.2, 0.25) is 0 Å². The van der Waals surface area contributed by atoms with Crippen LogP contribution < -0.4 is 5.32 Å². The van der Waals surface area contributed by atoms with Crippen molar-refractivity contribution in [3.8, 4) is 0 Å². The lowest BCUT2D eigenvalue weighted by molar-refractivity contribution is -0.144. The molecule has 0 bridgehead atoms. The Morgan fingerprint density at radius 3 is 1.03 bits per heavy atom. The Bertz CT molecular complexity index is 1110. The van der Waals surface area contributed by atoms with Crippen molar-refractivity contribution in [2.75, 3.05) is 53.6 Å². The zero-order chi connectivity index (χ0) is 50.5. The van der Waals surface area contributed by atoms with Gasteiger partial charge in [0, 0.05) is 38.8 Å². The minimum absolute atomic E-state index is 0.0928. The van der Waals surface area contributed by atoms with Crippen LogP contribution in [0, 0.1) is 0 Å². The molecule has 0 aliphatic carbocycles. The smallest absolute Gasteiger partial charge is 0.407 e. The van der Waals surface area contributed by atoms with E-state index in [-0.39, 0.29) is 18.0 Å². The van der Waals surface area contributed by atoms with Crippen LogP contribution in [0.5, 0.6) is 0 Å². The van der Waals surface area contributed by atoms with Gasteiger partial charge in [0.15, 0.2) is 0 Å². The summed E-state index contributed by atoms with van der Waals surface area (Å²) in [5.41, 5.74) is 0. The van der Waals surface area contributed by atoms with Crippen molar-refractivity contribution < 1.29 is 53.1 Å². The number of hydrogen-bond donors (Lipinski definition) is 3. The van der Waals surface area contributed by atoms with Crippen LogP contribution in [-0.4, -0.2) is 105 Å². The zero-order valence-electron chi connectivity index (χ0n) is 44.5. The van der Waals surface area contributed by atoms with Gasteiger partial charge in [0.25, 0.3) is 0 Å². The number of carboxylic acids is 2. The number of amides is 1. The number of likely N-dealkylation sites (N-methyl/N-ethyl adjacent to an activating group) is 1. The number of carbonyl (C=O) groups is 5. The highest BCUT2D eigenvalue weighted by Crippen LogP contribution is 2.18. The van der Waals surface area contributed by atoms with Gasteiger partial charge in [-0.2, -0.15) is 0 Å². The molecule has 0 aliphatic heterocycles. The fourth-order valence-electron chi connectivity index (χ4n) is 8.54. The molecular formula is C56H106N2O11. The average molecular weight is 983 g/mol. The Morgan fingerprint density at radius 1 is 0.391 bits per heavy atom. The lowest BCUT2D eigenvalue weighted by Crippen LogP contribution is -2.32. The van der Waals surface area contributed by atoms with Crippen molar-refractivity contribution in [1.82, 2.24) is 10.2 Å². The van der Waals surface area contributed by atoms with E-state index in [4.69, 9.17) is 29.2 Å². The summed E-state index contributed by atoms with van der Waals surface area (Å²) in [5.74, 6) is -1.56. The van der Waals surface area contributed by atoms with E-state index < -0.39 is 18.0 Å². The maximum Gasteiger partial charge on any atom is 0.407 e. The number of ether oxygens (including phenoxy) is 4. The number of carboxylic acid groups (broad SMARTS) is 2.